The molecule has 240 valence electrons. The number of aromatic nitrogens is 2. The highest BCUT2D eigenvalue weighted by atomic mass is 79.9. The van der Waals surface area contributed by atoms with E-state index in [2.05, 4.69) is 56.3 Å². The molecule has 0 fully saturated rings. The second-order valence-corrected chi connectivity index (χ2v) is 13.3. The average Bonchev–Trinajstić information content (AvgIpc) is 3.60. The quantitative estimate of drug-likeness (QED) is 0.191. The van der Waals surface area contributed by atoms with Gasteiger partial charge in [-0.2, -0.15) is 0 Å². The molecule has 8 nitrogen and oxygen atoms in total. The number of hydrogen-bond acceptors (Lipinski definition) is 6. The second-order valence-electron chi connectivity index (χ2n) is 11.4. The molecule has 2 aromatic heterocycles. The Morgan fingerprint density at radius 1 is 0.979 bits per heavy atom. The van der Waals surface area contributed by atoms with Gasteiger partial charge in [0.1, 0.15) is 17.5 Å². The molecule has 6 aromatic rings. The summed E-state index contributed by atoms with van der Waals surface area (Å²) < 4.78 is 16.6. The average molecular weight is 720 g/mol. The summed E-state index contributed by atoms with van der Waals surface area (Å²) in [5, 5.41) is 4.03. The molecule has 1 N–H and O–H groups in total. The van der Waals surface area contributed by atoms with Crippen LogP contribution in [0.2, 0.25) is 0 Å². The van der Waals surface area contributed by atoms with Crippen LogP contribution in [0.1, 0.15) is 29.7 Å². The molecule has 4 aromatic carbocycles. The zero-order chi connectivity index (χ0) is 33.4. The zero-order valence-electron chi connectivity index (χ0n) is 26.4. The van der Waals surface area contributed by atoms with E-state index < -0.39 is 6.04 Å². The second kappa shape index (κ2) is 13.1. The van der Waals surface area contributed by atoms with Crippen molar-refractivity contribution in [3.8, 4) is 11.5 Å². The van der Waals surface area contributed by atoms with E-state index in [9.17, 15) is 9.59 Å². The molecule has 0 saturated carbocycles. The molecule has 0 spiro atoms. The van der Waals surface area contributed by atoms with E-state index in [1.54, 1.807) is 37.8 Å². The Labute approximate surface area is 289 Å². The molecule has 10 heteroatoms. The van der Waals surface area contributed by atoms with Crippen molar-refractivity contribution in [1.82, 2.24) is 9.13 Å². The van der Waals surface area contributed by atoms with Crippen LogP contribution < -0.4 is 29.7 Å². The Hall–Kier alpha value is -5.19. The molecule has 1 aliphatic heterocycles. The van der Waals surface area contributed by atoms with E-state index >= 15 is 0 Å². The maximum absolute atomic E-state index is 14.5. The van der Waals surface area contributed by atoms with Crippen molar-refractivity contribution in [3.63, 3.8) is 0 Å². The van der Waals surface area contributed by atoms with E-state index in [0.29, 0.717) is 49.9 Å². The van der Waals surface area contributed by atoms with Crippen LogP contribution in [0.3, 0.4) is 0 Å². The highest BCUT2D eigenvalue weighted by Crippen LogP contribution is 2.37. The standard InChI is InChI=1S/C38H31BrN4O4S/c1-23-34(36(44)41-27-9-5-4-6-10-27)35(30-18-17-28(46-2)20-32(30)47-3)43-37(45)33(48-38(43)40-23)19-25-22-42(31-12-8-7-11-29(25)31)21-24-13-15-26(39)16-14-24/h4-20,22,35H,21H2,1-3H3,(H,41,44)/b33-19-/t35-/m1/s1. The third kappa shape index (κ3) is 5.89. The first-order valence-corrected chi connectivity index (χ1v) is 16.9. The number of halogens is 1. The maximum Gasteiger partial charge on any atom is 0.271 e. The number of allylic oxidation sites excluding steroid dienone is 1. The van der Waals surface area contributed by atoms with Crippen LogP contribution >= 0.6 is 27.3 Å². The van der Waals surface area contributed by atoms with E-state index in [1.807, 2.05) is 66.7 Å². The number of benzene rings is 4. The summed E-state index contributed by atoms with van der Waals surface area (Å²) in [7, 11) is 3.14. The molecular weight excluding hydrogens is 688 g/mol. The molecule has 48 heavy (non-hydrogen) atoms. The van der Waals surface area contributed by atoms with Gasteiger partial charge in [0.2, 0.25) is 0 Å². The predicted molar refractivity (Wildman–Crippen MR) is 194 cm³/mol. The summed E-state index contributed by atoms with van der Waals surface area (Å²) in [4.78, 5) is 33.8. The molecule has 0 unspecified atom stereocenters. The lowest BCUT2D eigenvalue weighted by Crippen LogP contribution is -2.40. The SMILES string of the molecule is COc1ccc([C@@H]2C(C(=O)Nc3ccccc3)=C(C)N=c3s/c(=C\c4cn(Cc5ccc(Br)cc5)c5ccccc45)c(=O)n32)c(OC)c1. The minimum absolute atomic E-state index is 0.246. The third-order valence-electron chi connectivity index (χ3n) is 8.41. The number of thiazole rings is 1. The van der Waals surface area contributed by atoms with Gasteiger partial charge in [0, 0.05) is 51.0 Å². The van der Waals surface area contributed by atoms with Gasteiger partial charge in [-0.3, -0.25) is 14.2 Å². The minimum Gasteiger partial charge on any atom is -0.497 e. The summed E-state index contributed by atoms with van der Waals surface area (Å²) >= 11 is 4.82. The largest absolute Gasteiger partial charge is 0.497 e. The molecular formula is C38H31BrN4O4S. The number of amides is 1. The van der Waals surface area contributed by atoms with E-state index in [-0.39, 0.29) is 11.5 Å². The van der Waals surface area contributed by atoms with Gasteiger partial charge < -0.3 is 19.4 Å². The third-order valence-corrected chi connectivity index (χ3v) is 9.92. The number of hydrogen-bond donors (Lipinski definition) is 1. The van der Waals surface area contributed by atoms with Crippen molar-refractivity contribution in [2.24, 2.45) is 4.99 Å². The molecule has 3 heterocycles. The summed E-state index contributed by atoms with van der Waals surface area (Å²) in [6.07, 6.45) is 4.01. The lowest BCUT2D eigenvalue weighted by atomic mass is 9.94. The van der Waals surface area contributed by atoms with Crippen LogP contribution in [0, 0.1) is 0 Å². The number of methoxy groups -OCH3 is 2. The van der Waals surface area contributed by atoms with Crippen LogP contribution in [-0.2, 0) is 11.3 Å². The topological polar surface area (TPSA) is 86.9 Å². The highest BCUT2D eigenvalue weighted by Gasteiger charge is 2.34. The van der Waals surface area contributed by atoms with Crippen molar-refractivity contribution < 1.29 is 14.3 Å². The van der Waals surface area contributed by atoms with Gasteiger partial charge in [0.15, 0.2) is 4.80 Å². The Morgan fingerprint density at radius 3 is 2.48 bits per heavy atom. The van der Waals surface area contributed by atoms with Gasteiger partial charge in [-0.1, -0.05) is 75.8 Å². The van der Waals surface area contributed by atoms with E-state index in [1.165, 1.54) is 11.3 Å². The van der Waals surface area contributed by atoms with Crippen molar-refractivity contribution >= 4 is 55.8 Å². The fourth-order valence-electron chi connectivity index (χ4n) is 6.12. The summed E-state index contributed by atoms with van der Waals surface area (Å²) in [6, 6.07) is 30.3. The van der Waals surface area contributed by atoms with Crippen molar-refractivity contribution in [2.45, 2.75) is 19.5 Å². The van der Waals surface area contributed by atoms with Crippen LogP contribution in [-0.4, -0.2) is 29.3 Å². The molecule has 0 saturated heterocycles. The summed E-state index contributed by atoms with van der Waals surface area (Å²) in [5.41, 5.74) is 5.06. The molecule has 0 radical (unpaired) electrons. The van der Waals surface area contributed by atoms with Gasteiger partial charge in [-0.05, 0) is 61.0 Å². The molecule has 1 aliphatic rings. The van der Waals surface area contributed by atoms with Crippen LogP contribution in [0.5, 0.6) is 11.5 Å². The molecule has 1 amide bonds. The predicted octanol–water partition coefficient (Wildman–Crippen LogP) is 6.66. The number of para-hydroxylation sites is 2. The maximum atomic E-state index is 14.5. The van der Waals surface area contributed by atoms with E-state index in [4.69, 9.17) is 14.5 Å². The van der Waals surface area contributed by atoms with Gasteiger partial charge in [0.25, 0.3) is 11.5 Å². The molecule has 0 bridgehead atoms. The van der Waals surface area contributed by atoms with Gasteiger partial charge >= 0.3 is 0 Å². The van der Waals surface area contributed by atoms with Gasteiger partial charge in [-0.25, -0.2) is 4.99 Å². The minimum atomic E-state index is -0.799. The zero-order valence-corrected chi connectivity index (χ0v) is 28.8. The first-order chi connectivity index (χ1) is 23.3. The Bertz CT molecular complexity index is 2390. The van der Waals surface area contributed by atoms with Gasteiger partial charge in [0.05, 0.1) is 30.0 Å². The number of carbonyl (C=O) groups is 1. The lowest BCUT2D eigenvalue weighted by molar-refractivity contribution is -0.113. The van der Waals surface area contributed by atoms with Crippen molar-refractivity contribution in [3.05, 3.63) is 155 Å². The first kappa shape index (κ1) is 31.4. The number of rotatable bonds is 8. The Morgan fingerprint density at radius 2 is 1.73 bits per heavy atom. The monoisotopic (exact) mass is 718 g/mol. The molecule has 1 atom stereocenters. The molecule has 7 rings (SSSR count). The fraction of sp³-hybridized carbons (Fsp3) is 0.132. The van der Waals surface area contributed by atoms with Crippen molar-refractivity contribution in [1.29, 1.82) is 0 Å². The van der Waals surface area contributed by atoms with Gasteiger partial charge in [-0.15, -0.1) is 0 Å². The number of ether oxygens (including phenoxy) is 2. The molecule has 0 aliphatic carbocycles. The summed E-state index contributed by atoms with van der Waals surface area (Å²) in [6.45, 7) is 2.48. The first-order valence-electron chi connectivity index (χ1n) is 15.3. The van der Waals surface area contributed by atoms with Crippen LogP contribution in [0.15, 0.2) is 129 Å². The number of nitrogens with zero attached hydrogens (tertiary/aromatic N) is 3. The van der Waals surface area contributed by atoms with Crippen molar-refractivity contribution in [2.75, 3.05) is 19.5 Å². The number of anilines is 1. The lowest BCUT2D eigenvalue weighted by Gasteiger charge is -2.26. The fourth-order valence-corrected chi connectivity index (χ4v) is 7.42. The number of carbonyl (C=O) groups excluding carboxylic acids is 1. The highest BCUT2D eigenvalue weighted by molar-refractivity contribution is 9.10. The van der Waals surface area contributed by atoms with E-state index in [0.717, 1.165) is 26.5 Å². The normalized spacial score (nSPS) is 14.5. The van der Waals surface area contributed by atoms with Crippen LogP contribution in [0.25, 0.3) is 17.0 Å². The number of nitrogens with one attached hydrogen (secondary N) is 1. The Balaban J connectivity index is 1.38. The smallest absolute Gasteiger partial charge is 0.271 e. The summed E-state index contributed by atoms with van der Waals surface area (Å²) in [5.74, 6) is 0.735. The Kier molecular flexibility index (Phi) is 8.60. The number of fused-ring (bicyclic) bond motifs is 2. The van der Waals surface area contributed by atoms with Crippen LogP contribution in [0.4, 0.5) is 5.69 Å².